The highest BCUT2D eigenvalue weighted by atomic mass is 16.7. The van der Waals surface area contributed by atoms with E-state index in [0.717, 1.165) is 0 Å². The molecule has 5 atom stereocenters. The normalized spacial score (nSPS) is 34.4. The van der Waals surface area contributed by atoms with Gasteiger partial charge in [0.15, 0.2) is 12.4 Å². The van der Waals surface area contributed by atoms with Crippen LogP contribution in [0.3, 0.4) is 0 Å². The van der Waals surface area contributed by atoms with Crippen LogP contribution in [0.1, 0.15) is 20.8 Å². The molecule has 1 saturated heterocycles. The van der Waals surface area contributed by atoms with Crippen molar-refractivity contribution in [1.29, 1.82) is 0 Å². The fourth-order valence-corrected chi connectivity index (χ4v) is 2.23. The van der Waals surface area contributed by atoms with E-state index in [0.29, 0.717) is 0 Å². The number of azide groups is 1. The number of ether oxygens (including phenoxy) is 3. The van der Waals surface area contributed by atoms with Crippen molar-refractivity contribution < 1.29 is 19.0 Å². The molecule has 1 aliphatic rings. The Kier molecular flexibility index (Phi) is 6.08. The van der Waals surface area contributed by atoms with Gasteiger partial charge in [0.25, 0.3) is 0 Å². The molecule has 0 spiro atoms. The van der Waals surface area contributed by atoms with Crippen molar-refractivity contribution in [2.45, 2.75) is 33.2 Å². The van der Waals surface area contributed by atoms with Gasteiger partial charge >= 0.3 is 5.97 Å². The standard InChI is InChI=1S/C12H21N3O4/c1-7-8(2)10(11(16)17-4)19-12(9(7)3)18-6-5-14-15-13/h7-10,12H,5-6H2,1-4H3/t7-,8-,9?,10?,12+/m0/s1. The Bertz CT molecular complexity index is 357. The predicted octanol–water partition coefficient (Wildman–Crippen LogP) is 2.12. The summed E-state index contributed by atoms with van der Waals surface area (Å²) in [6.07, 6.45) is -1.09. The summed E-state index contributed by atoms with van der Waals surface area (Å²) in [5.41, 5.74) is 8.19. The van der Waals surface area contributed by atoms with Crippen LogP contribution < -0.4 is 0 Å². The first-order chi connectivity index (χ1) is 9.02. The summed E-state index contributed by atoms with van der Waals surface area (Å²) in [5, 5.41) is 3.39. The van der Waals surface area contributed by atoms with E-state index in [1.165, 1.54) is 7.11 Å². The van der Waals surface area contributed by atoms with E-state index in [2.05, 4.69) is 16.9 Å². The molecular weight excluding hydrogens is 250 g/mol. The third-order valence-electron chi connectivity index (χ3n) is 3.82. The van der Waals surface area contributed by atoms with Crippen LogP contribution in [0.2, 0.25) is 0 Å². The van der Waals surface area contributed by atoms with Gasteiger partial charge in [0.2, 0.25) is 0 Å². The highest BCUT2D eigenvalue weighted by molar-refractivity contribution is 5.75. The minimum Gasteiger partial charge on any atom is -0.467 e. The summed E-state index contributed by atoms with van der Waals surface area (Å²) < 4.78 is 16.0. The molecule has 0 amide bonds. The number of carbonyl (C=O) groups excluding carboxylic acids is 1. The van der Waals surface area contributed by atoms with Gasteiger partial charge in [-0.25, -0.2) is 4.79 Å². The minimum atomic E-state index is -0.610. The summed E-state index contributed by atoms with van der Waals surface area (Å²) in [7, 11) is 1.35. The van der Waals surface area contributed by atoms with Crippen LogP contribution in [0.4, 0.5) is 0 Å². The van der Waals surface area contributed by atoms with Crippen LogP contribution in [-0.4, -0.2) is 38.6 Å². The molecule has 0 bridgehead atoms. The highest BCUT2D eigenvalue weighted by Crippen LogP contribution is 2.35. The monoisotopic (exact) mass is 271 g/mol. The molecule has 1 aliphatic heterocycles. The van der Waals surface area contributed by atoms with Crippen LogP contribution in [0.5, 0.6) is 0 Å². The predicted molar refractivity (Wildman–Crippen MR) is 68.1 cm³/mol. The van der Waals surface area contributed by atoms with Gasteiger partial charge in [-0.1, -0.05) is 25.9 Å². The Morgan fingerprint density at radius 1 is 1.32 bits per heavy atom. The molecule has 1 heterocycles. The SMILES string of the molecule is COC(=O)C1O[C@@H](OCCN=[N+]=[N-])C(C)[C@@H](C)[C@@H]1C. The third-order valence-corrected chi connectivity index (χ3v) is 3.82. The van der Waals surface area contributed by atoms with Crippen LogP contribution in [-0.2, 0) is 19.0 Å². The molecule has 0 radical (unpaired) electrons. The van der Waals surface area contributed by atoms with E-state index in [-0.39, 0.29) is 36.9 Å². The first-order valence-electron chi connectivity index (χ1n) is 6.38. The van der Waals surface area contributed by atoms with Gasteiger partial charge in [-0.3, -0.25) is 0 Å². The number of rotatable bonds is 5. The van der Waals surface area contributed by atoms with Crippen molar-refractivity contribution >= 4 is 5.97 Å². The van der Waals surface area contributed by atoms with E-state index in [1.54, 1.807) is 0 Å². The number of hydrogen-bond donors (Lipinski definition) is 0. The number of methoxy groups -OCH3 is 1. The Labute approximate surface area is 112 Å². The van der Waals surface area contributed by atoms with E-state index in [1.807, 2.05) is 13.8 Å². The fraction of sp³-hybridized carbons (Fsp3) is 0.917. The molecule has 1 rings (SSSR count). The molecule has 2 unspecified atom stereocenters. The van der Waals surface area contributed by atoms with Crippen molar-refractivity contribution in [1.82, 2.24) is 0 Å². The van der Waals surface area contributed by atoms with Gasteiger partial charge in [0.1, 0.15) is 0 Å². The summed E-state index contributed by atoms with van der Waals surface area (Å²) in [4.78, 5) is 14.3. The van der Waals surface area contributed by atoms with Crippen molar-refractivity contribution in [2.24, 2.45) is 22.9 Å². The zero-order valence-corrected chi connectivity index (χ0v) is 11.8. The molecule has 7 heteroatoms. The Morgan fingerprint density at radius 3 is 2.58 bits per heavy atom. The Balaban J connectivity index is 2.64. The smallest absolute Gasteiger partial charge is 0.335 e. The lowest BCUT2D eigenvalue weighted by Crippen LogP contribution is -2.49. The van der Waals surface area contributed by atoms with Gasteiger partial charge < -0.3 is 14.2 Å². The molecule has 0 aromatic heterocycles. The molecule has 0 aromatic carbocycles. The zero-order chi connectivity index (χ0) is 14.4. The topological polar surface area (TPSA) is 93.5 Å². The molecule has 0 aromatic rings. The summed E-state index contributed by atoms with van der Waals surface area (Å²) in [6, 6.07) is 0. The zero-order valence-electron chi connectivity index (χ0n) is 11.8. The van der Waals surface area contributed by atoms with Crippen molar-refractivity contribution in [3.8, 4) is 0 Å². The first-order valence-corrected chi connectivity index (χ1v) is 6.38. The Morgan fingerprint density at radius 2 is 2.00 bits per heavy atom. The maximum Gasteiger partial charge on any atom is 0.335 e. The van der Waals surface area contributed by atoms with Crippen molar-refractivity contribution in [3.05, 3.63) is 10.4 Å². The summed E-state index contributed by atoms with van der Waals surface area (Å²) in [6.45, 7) is 6.58. The maximum atomic E-state index is 11.7. The average Bonchev–Trinajstić information content (AvgIpc) is 2.42. The van der Waals surface area contributed by atoms with Crippen LogP contribution in [0.25, 0.3) is 10.4 Å². The highest BCUT2D eigenvalue weighted by Gasteiger charge is 2.43. The van der Waals surface area contributed by atoms with E-state index in [4.69, 9.17) is 19.7 Å². The maximum absolute atomic E-state index is 11.7. The summed E-state index contributed by atoms with van der Waals surface area (Å²) in [5.74, 6) is 0.110. The first kappa shape index (κ1) is 15.8. The number of carbonyl (C=O) groups is 1. The van der Waals surface area contributed by atoms with Gasteiger partial charge in [0, 0.05) is 17.4 Å². The second kappa shape index (κ2) is 7.33. The number of hydrogen-bond acceptors (Lipinski definition) is 5. The third kappa shape index (κ3) is 3.83. The molecule has 0 saturated carbocycles. The second-order valence-corrected chi connectivity index (χ2v) is 4.85. The van der Waals surface area contributed by atoms with Gasteiger partial charge in [-0.2, -0.15) is 0 Å². The van der Waals surface area contributed by atoms with Crippen molar-refractivity contribution in [3.63, 3.8) is 0 Å². The van der Waals surface area contributed by atoms with Crippen LogP contribution in [0, 0.1) is 17.8 Å². The van der Waals surface area contributed by atoms with E-state index in [9.17, 15) is 4.79 Å². The second-order valence-electron chi connectivity index (χ2n) is 4.85. The fourth-order valence-electron chi connectivity index (χ4n) is 2.23. The quantitative estimate of drug-likeness (QED) is 0.251. The molecule has 0 N–H and O–H groups in total. The van der Waals surface area contributed by atoms with E-state index < -0.39 is 12.4 Å². The minimum absolute atomic E-state index is 0.0689. The number of esters is 1. The van der Waals surface area contributed by atoms with Crippen molar-refractivity contribution in [2.75, 3.05) is 20.3 Å². The lowest BCUT2D eigenvalue weighted by Gasteiger charge is -2.41. The lowest BCUT2D eigenvalue weighted by molar-refractivity contribution is -0.249. The molecule has 108 valence electrons. The largest absolute Gasteiger partial charge is 0.467 e. The Hall–Kier alpha value is -1.30. The summed E-state index contributed by atoms with van der Waals surface area (Å²) >= 11 is 0. The molecule has 0 aliphatic carbocycles. The van der Waals surface area contributed by atoms with Gasteiger partial charge in [-0.15, -0.1) is 0 Å². The van der Waals surface area contributed by atoms with Crippen LogP contribution in [0.15, 0.2) is 5.11 Å². The van der Waals surface area contributed by atoms with Gasteiger partial charge in [-0.05, 0) is 17.4 Å². The van der Waals surface area contributed by atoms with E-state index >= 15 is 0 Å². The molecule has 19 heavy (non-hydrogen) atoms. The lowest BCUT2D eigenvalue weighted by atomic mass is 9.79. The average molecular weight is 271 g/mol. The molecular formula is C12H21N3O4. The van der Waals surface area contributed by atoms with Crippen LogP contribution >= 0.6 is 0 Å². The molecule has 7 nitrogen and oxygen atoms in total. The number of nitrogens with zero attached hydrogens (tertiary/aromatic N) is 3. The molecule has 1 fully saturated rings. The van der Waals surface area contributed by atoms with Gasteiger partial charge in [0.05, 0.1) is 13.7 Å².